The maximum absolute atomic E-state index is 9.85. The zero-order valence-corrected chi connectivity index (χ0v) is 14.4. The summed E-state index contributed by atoms with van der Waals surface area (Å²) < 4.78 is 5.90. The van der Waals surface area contributed by atoms with Gasteiger partial charge in [-0.1, -0.05) is 26.7 Å². The molecule has 0 saturated carbocycles. The summed E-state index contributed by atoms with van der Waals surface area (Å²) in [4.78, 5) is 2.48. The Morgan fingerprint density at radius 3 is 2.25 bits per heavy atom. The van der Waals surface area contributed by atoms with E-state index >= 15 is 0 Å². The number of hydrogen-bond donors (Lipinski definition) is 1. The van der Waals surface area contributed by atoms with Gasteiger partial charge in [0.1, 0.15) is 0 Å². The molecule has 0 atom stereocenters. The van der Waals surface area contributed by atoms with Crippen molar-refractivity contribution in [3.63, 3.8) is 0 Å². The minimum absolute atomic E-state index is 0.171. The molecule has 0 spiro atoms. The summed E-state index contributed by atoms with van der Waals surface area (Å²) in [6, 6.07) is 3.90. The van der Waals surface area contributed by atoms with Crippen molar-refractivity contribution in [1.82, 2.24) is 4.90 Å². The van der Waals surface area contributed by atoms with Crippen LogP contribution in [0.3, 0.4) is 0 Å². The number of benzene rings is 1. The second-order valence-electron chi connectivity index (χ2n) is 5.11. The zero-order valence-electron chi connectivity index (χ0n) is 12.8. The normalized spacial score (nSPS) is 11.1. The van der Waals surface area contributed by atoms with Gasteiger partial charge < -0.3 is 9.84 Å². The molecule has 0 aliphatic heterocycles. The second kappa shape index (κ2) is 9.24. The lowest BCUT2D eigenvalue weighted by atomic mass is 10.1. The molecule has 0 amide bonds. The van der Waals surface area contributed by atoms with Gasteiger partial charge in [-0.2, -0.15) is 0 Å². The first-order valence-electron chi connectivity index (χ1n) is 7.40. The van der Waals surface area contributed by atoms with Crippen molar-refractivity contribution in [2.24, 2.45) is 0 Å². The Bertz CT molecular complexity index is 402. The van der Waals surface area contributed by atoms with Crippen LogP contribution in [0.4, 0.5) is 0 Å². The summed E-state index contributed by atoms with van der Waals surface area (Å²) in [5.74, 6) is 0.699. The number of ether oxygens (including phenoxy) is 1. The molecule has 3 nitrogen and oxygen atoms in total. The van der Waals surface area contributed by atoms with Crippen molar-refractivity contribution in [3.05, 3.63) is 22.2 Å². The number of aromatic hydroxyl groups is 1. The average Bonchev–Trinajstić information content (AvgIpc) is 2.45. The van der Waals surface area contributed by atoms with Crippen LogP contribution >= 0.6 is 15.9 Å². The van der Waals surface area contributed by atoms with E-state index in [1.54, 1.807) is 7.11 Å². The molecule has 0 heterocycles. The third-order valence-electron chi connectivity index (χ3n) is 3.37. The molecule has 1 N–H and O–H groups in total. The Balaban J connectivity index is 2.78. The summed E-state index contributed by atoms with van der Waals surface area (Å²) in [6.45, 7) is 7.58. The van der Waals surface area contributed by atoms with Crippen molar-refractivity contribution in [1.29, 1.82) is 0 Å². The van der Waals surface area contributed by atoms with Crippen LogP contribution < -0.4 is 4.74 Å². The summed E-state index contributed by atoms with van der Waals surface area (Å²) in [5.41, 5.74) is 1.17. The van der Waals surface area contributed by atoms with Crippen LogP contribution in [0.1, 0.15) is 45.1 Å². The van der Waals surface area contributed by atoms with Gasteiger partial charge in [0.15, 0.2) is 11.5 Å². The Morgan fingerprint density at radius 2 is 1.75 bits per heavy atom. The number of nitrogens with zero attached hydrogens (tertiary/aromatic N) is 1. The second-order valence-corrected chi connectivity index (χ2v) is 5.97. The lowest BCUT2D eigenvalue weighted by Gasteiger charge is -2.22. The SMILES string of the molecule is CCCCN(CCCC)Cc1cc(Br)c(O)c(OC)c1. The number of rotatable bonds is 9. The topological polar surface area (TPSA) is 32.7 Å². The first-order chi connectivity index (χ1) is 9.62. The number of phenolic OH excluding ortho intramolecular Hbond substituents is 1. The van der Waals surface area contributed by atoms with E-state index in [1.807, 2.05) is 12.1 Å². The van der Waals surface area contributed by atoms with Gasteiger partial charge in [0, 0.05) is 6.54 Å². The Hall–Kier alpha value is -0.740. The summed E-state index contributed by atoms with van der Waals surface area (Å²) >= 11 is 3.38. The third-order valence-corrected chi connectivity index (χ3v) is 3.97. The molecule has 0 bridgehead atoms. The third kappa shape index (κ3) is 5.33. The quantitative estimate of drug-likeness (QED) is 0.712. The molecule has 0 aliphatic carbocycles. The minimum Gasteiger partial charge on any atom is -0.503 e. The molecule has 0 fully saturated rings. The molecule has 4 heteroatoms. The molecule has 0 aromatic heterocycles. The molecule has 0 saturated heterocycles. The van der Waals surface area contributed by atoms with Crippen molar-refractivity contribution in [3.8, 4) is 11.5 Å². The van der Waals surface area contributed by atoms with E-state index in [-0.39, 0.29) is 5.75 Å². The largest absolute Gasteiger partial charge is 0.503 e. The lowest BCUT2D eigenvalue weighted by Crippen LogP contribution is -2.25. The van der Waals surface area contributed by atoms with E-state index in [4.69, 9.17) is 4.74 Å². The Kier molecular flexibility index (Phi) is 8.00. The van der Waals surface area contributed by atoms with Crippen molar-refractivity contribution in [2.45, 2.75) is 46.1 Å². The van der Waals surface area contributed by atoms with Crippen molar-refractivity contribution >= 4 is 15.9 Å². The van der Waals surface area contributed by atoms with E-state index in [9.17, 15) is 5.11 Å². The van der Waals surface area contributed by atoms with E-state index < -0.39 is 0 Å². The maximum atomic E-state index is 9.85. The number of unbranched alkanes of at least 4 members (excludes halogenated alkanes) is 2. The van der Waals surface area contributed by atoms with Crippen LogP contribution in [0, 0.1) is 0 Å². The highest BCUT2D eigenvalue weighted by molar-refractivity contribution is 9.10. The zero-order chi connectivity index (χ0) is 15.0. The lowest BCUT2D eigenvalue weighted by molar-refractivity contribution is 0.256. The number of halogens is 1. The molecule has 0 aliphatic rings. The Labute approximate surface area is 131 Å². The summed E-state index contributed by atoms with van der Waals surface area (Å²) in [5, 5.41) is 9.85. The highest BCUT2D eigenvalue weighted by Crippen LogP contribution is 2.35. The van der Waals surface area contributed by atoms with Gasteiger partial charge in [0.05, 0.1) is 11.6 Å². The van der Waals surface area contributed by atoms with Gasteiger partial charge in [-0.25, -0.2) is 0 Å². The molecule has 1 aromatic carbocycles. The van der Waals surface area contributed by atoms with Gasteiger partial charge in [0.25, 0.3) is 0 Å². The highest BCUT2D eigenvalue weighted by Gasteiger charge is 2.11. The van der Waals surface area contributed by atoms with Gasteiger partial charge in [-0.05, 0) is 59.6 Å². The number of phenols is 1. The van der Waals surface area contributed by atoms with Crippen molar-refractivity contribution < 1.29 is 9.84 Å². The van der Waals surface area contributed by atoms with Gasteiger partial charge in [-0.15, -0.1) is 0 Å². The molecule has 114 valence electrons. The standard InChI is InChI=1S/C16H26BrNO2/c1-4-6-8-18(9-7-5-2)12-13-10-14(17)16(19)15(11-13)20-3/h10-11,19H,4-9,12H2,1-3H3. The van der Waals surface area contributed by atoms with Crippen molar-refractivity contribution in [2.75, 3.05) is 20.2 Å². The molecular weight excluding hydrogens is 318 g/mol. The summed E-state index contributed by atoms with van der Waals surface area (Å²) in [7, 11) is 1.58. The first kappa shape index (κ1) is 17.3. The molecule has 1 rings (SSSR count). The Morgan fingerprint density at radius 1 is 1.15 bits per heavy atom. The molecular formula is C16H26BrNO2. The van der Waals surface area contributed by atoms with Crippen LogP contribution in [0.2, 0.25) is 0 Å². The van der Waals surface area contributed by atoms with Gasteiger partial charge in [0.2, 0.25) is 0 Å². The highest BCUT2D eigenvalue weighted by atomic mass is 79.9. The van der Waals surface area contributed by atoms with Gasteiger partial charge in [-0.3, -0.25) is 4.90 Å². The predicted octanol–water partition coefficient (Wildman–Crippen LogP) is 4.57. The van der Waals surface area contributed by atoms with Crippen LogP contribution in [-0.2, 0) is 6.54 Å². The monoisotopic (exact) mass is 343 g/mol. The molecule has 20 heavy (non-hydrogen) atoms. The van der Waals surface area contributed by atoms with E-state index in [0.717, 1.165) is 19.6 Å². The number of hydrogen-bond acceptors (Lipinski definition) is 3. The number of methoxy groups -OCH3 is 1. The van der Waals surface area contributed by atoms with E-state index in [2.05, 4.69) is 34.7 Å². The smallest absolute Gasteiger partial charge is 0.172 e. The fourth-order valence-electron chi connectivity index (χ4n) is 2.17. The fraction of sp³-hybridized carbons (Fsp3) is 0.625. The van der Waals surface area contributed by atoms with Crippen LogP contribution in [0.5, 0.6) is 11.5 Å². The first-order valence-corrected chi connectivity index (χ1v) is 8.19. The van der Waals surface area contributed by atoms with E-state index in [0.29, 0.717) is 10.2 Å². The van der Waals surface area contributed by atoms with Gasteiger partial charge >= 0.3 is 0 Å². The minimum atomic E-state index is 0.171. The summed E-state index contributed by atoms with van der Waals surface area (Å²) in [6.07, 6.45) is 4.87. The fourth-order valence-corrected chi connectivity index (χ4v) is 2.66. The molecule has 0 unspecified atom stereocenters. The maximum Gasteiger partial charge on any atom is 0.172 e. The van der Waals surface area contributed by atoms with Crippen LogP contribution in [0.15, 0.2) is 16.6 Å². The van der Waals surface area contributed by atoms with Crippen LogP contribution in [-0.4, -0.2) is 30.2 Å². The van der Waals surface area contributed by atoms with E-state index in [1.165, 1.54) is 31.2 Å². The molecule has 1 aromatic rings. The molecule has 0 radical (unpaired) electrons. The predicted molar refractivity (Wildman–Crippen MR) is 87.5 cm³/mol. The van der Waals surface area contributed by atoms with Crippen LogP contribution in [0.25, 0.3) is 0 Å². The average molecular weight is 344 g/mol.